The van der Waals surface area contributed by atoms with E-state index in [2.05, 4.69) is 10.2 Å². The van der Waals surface area contributed by atoms with Crippen LogP contribution in [-0.4, -0.2) is 56.0 Å². The SMILES string of the molecule is COCCOCCCN1C(=O)C2(CC2)NC1C1CCCC1. The largest absolute Gasteiger partial charge is 0.382 e. The minimum absolute atomic E-state index is 0.176. The number of hydrogen-bond acceptors (Lipinski definition) is 4. The number of nitrogens with zero attached hydrogens (tertiary/aromatic N) is 1. The van der Waals surface area contributed by atoms with Gasteiger partial charge in [0.2, 0.25) is 5.91 Å². The van der Waals surface area contributed by atoms with Crippen molar-refractivity contribution in [3.8, 4) is 0 Å². The Bertz CT molecular complexity index is 365. The molecular formula is C16H28N2O3. The highest BCUT2D eigenvalue weighted by Gasteiger charge is 2.60. The van der Waals surface area contributed by atoms with E-state index in [9.17, 15) is 4.79 Å². The van der Waals surface area contributed by atoms with Gasteiger partial charge in [0, 0.05) is 20.3 Å². The molecule has 1 heterocycles. The third-order valence-electron chi connectivity index (χ3n) is 5.15. The molecule has 5 heteroatoms. The Labute approximate surface area is 127 Å². The second kappa shape index (κ2) is 6.63. The molecule has 1 saturated heterocycles. The molecule has 0 radical (unpaired) electrons. The Balaban J connectivity index is 1.49. The van der Waals surface area contributed by atoms with Crippen molar-refractivity contribution in [2.75, 3.05) is 33.5 Å². The Morgan fingerprint density at radius 1 is 1.24 bits per heavy atom. The number of carbonyl (C=O) groups excluding carboxylic acids is 1. The number of hydrogen-bond donors (Lipinski definition) is 1. The predicted molar refractivity (Wildman–Crippen MR) is 79.9 cm³/mol. The van der Waals surface area contributed by atoms with Crippen LogP contribution in [0.4, 0.5) is 0 Å². The maximum atomic E-state index is 12.6. The minimum atomic E-state index is -0.176. The molecule has 1 aliphatic heterocycles. The van der Waals surface area contributed by atoms with Crippen LogP contribution in [-0.2, 0) is 14.3 Å². The molecule has 120 valence electrons. The summed E-state index contributed by atoms with van der Waals surface area (Å²) >= 11 is 0. The summed E-state index contributed by atoms with van der Waals surface area (Å²) < 4.78 is 10.5. The fraction of sp³-hybridized carbons (Fsp3) is 0.938. The zero-order chi connectivity index (χ0) is 14.7. The van der Waals surface area contributed by atoms with Crippen molar-refractivity contribution in [2.24, 2.45) is 5.92 Å². The zero-order valence-electron chi connectivity index (χ0n) is 13.1. The molecule has 3 fully saturated rings. The Morgan fingerprint density at radius 2 is 2.00 bits per heavy atom. The Morgan fingerprint density at radius 3 is 2.67 bits per heavy atom. The minimum Gasteiger partial charge on any atom is -0.382 e. The molecule has 2 saturated carbocycles. The quantitative estimate of drug-likeness (QED) is 0.690. The number of ether oxygens (including phenoxy) is 2. The lowest BCUT2D eigenvalue weighted by molar-refractivity contribution is -0.131. The highest BCUT2D eigenvalue weighted by Crippen LogP contribution is 2.45. The number of methoxy groups -OCH3 is 1. The van der Waals surface area contributed by atoms with Gasteiger partial charge in [0.25, 0.3) is 0 Å². The number of carbonyl (C=O) groups is 1. The molecule has 1 amide bonds. The van der Waals surface area contributed by atoms with Gasteiger partial charge in [-0.05, 0) is 38.0 Å². The molecule has 0 aromatic heterocycles. The van der Waals surface area contributed by atoms with Crippen LogP contribution in [0.3, 0.4) is 0 Å². The van der Waals surface area contributed by atoms with Crippen LogP contribution in [0.1, 0.15) is 44.9 Å². The number of amides is 1. The summed E-state index contributed by atoms with van der Waals surface area (Å²) in [5.41, 5.74) is -0.176. The van der Waals surface area contributed by atoms with Crippen molar-refractivity contribution in [3.63, 3.8) is 0 Å². The average molecular weight is 296 g/mol. The lowest BCUT2D eigenvalue weighted by atomic mass is 10.0. The van der Waals surface area contributed by atoms with Gasteiger partial charge in [-0.2, -0.15) is 0 Å². The van der Waals surface area contributed by atoms with E-state index in [1.807, 2.05) is 0 Å². The second-order valence-electron chi connectivity index (χ2n) is 6.67. The molecule has 0 aromatic carbocycles. The molecule has 0 aromatic rings. The van der Waals surface area contributed by atoms with Gasteiger partial charge in [-0.3, -0.25) is 10.1 Å². The molecular weight excluding hydrogens is 268 g/mol. The van der Waals surface area contributed by atoms with E-state index in [4.69, 9.17) is 9.47 Å². The van der Waals surface area contributed by atoms with Crippen LogP contribution in [0.2, 0.25) is 0 Å². The summed E-state index contributed by atoms with van der Waals surface area (Å²) in [6.07, 6.45) is 8.41. The smallest absolute Gasteiger partial charge is 0.244 e. The third kappa shape index (κ3) is 3.25. The van der Waals surface area contributed by atoms with Gasteiger partial charge >= 0.3 is 0 Å². The van der Waals surface area contributed by atoms with Crippen molar-refractivity contribution < 1.29 is 14.3 Å². The number of rotatable bonds is 8. The van der Waals surface area contributed by atoms with Gasteiger partial charge in [-0.15, -0.1) is 0 Å². The fourth-order valence-corrected chi connectivity index (χ4v) is 3.77. The van der Waals surface area contributed by atoms with E-state index in [-0.39, 0.29) is 11.7 Å². The van der Waals surface area contributed by atoms with Crippen molar-refractivity contribution in [1.29, 1.82) is 0 Å². The molecule has 1 N–H and O–H groups in total. The summed E-state index contributed by atoms with van der Waals surface area (Å²) in [4.78, 5) is 14.7. The molecule has 5 nitrogen and oxygen atoms in total. The maximum Gasteiger partial charge on any atom is 0.244 e. The van der Waals surface area contributed by atoms with Crippen molar-refractivity contribution >= 4 is 5.91 Å². The summed E-state index contributed by atoms with van der Waals surface area (Å²) in [5, 5.41) is 3.66. The molecule has 3 rings (SSSR count). The zero-order valence-corrected chi connectivity index (χ0v) is 13.1. The summed E-state index contributed by atoms with van der Waals surface area (Å²) in [7, 11) is 1.68. The van der Waals surface area contributed by atoms with Crippen LogP contribution in [0.25, 0.3) is 0 Å². The summed E-state index contributed by atoms with van der Waals surface area (Å²) in [5.74, 6) is 1.000. The molecule has 2 aliphatic carbocycles. The first-order valence-electron chi connectivity index (χ1n) is 8.42. The predicted octanol–water partition coefficient (Wildman–Crippen LogP) is 1.52. The van der Waals surface area contributed by atoms with E-state index in [0.29, 0.717) is 31.6 Å². The Hall–Kier alpha value is -0.650. The molecule has 1 atom stereocenters. The molecule has 1 unspecified atom stereocenters. The van der Waals surface area contributed by atoms with Crippen LogP contribution in [0.5, 0.6) is 0 Å². The van der Waals surface area contributed by atoms with Gasteiger partial charge in [0.15, 0.2) is 0 Å². The van der Waals surface area contributed by atoms with Gasteiger partial charge in [0.1, 0.15) is 0 Å². The first kappa shape index (κ1) is 15.3. The first-order chi connectivity index (χ1) is 10.3. The molecule has 3 aliphatic rings. The molecule has 0 bridgehead atoms. The monoisotopic (exact) mass is 296 g/mol. The first-order valence-corrected chi connectivity index (χ1v) is 8.42. The Kier molecular flexibility index (Phi) is 4.82. The van der Waals surface area contributed by atoms with E-state index < -0.39 is 0 Å². The maximum absolute atomic E-state index is 12.6. The fourth-order valence-electron chi connectivity index (χ4n) is 3.77. The van der Waals surface area contributed by atoms with Crippen LogP contribution >= 0.6 is 0 Å². The van der Waals surface area contributed by atoms with E-state index in [1.165, 1.54) is 25.7 Å². The van der Waals surface area contributed by atoms with E-state index >= 15 is 0 Å². The molecule has 21 heavy (non-hydrogen) atoms. The standard InChI is InChI=1S/C16H28N2O3/c1-20-11-12-21-10-4-9-18-14(13-5-2-3-6-13)17-16(7-8-16)15(18)19/h13-14,17H,2-12H2,1H3. The summed E-state index contributed by atoms with van der Waals surface area (Å²) in [6.45, 7) is 2.80. The second-order valence-corrected chi connectivity index (χ2v) is 6.67. The topological polar surface area (TPSA) is 50.8 Å². The van der Waals surface area contributed by atoms with Gasteiger partial charge in [0.05, 0.1) is 24.9 Å². The lowest BCUT2D eigenvalue weighted by Crippen LogP contribution is -2.43. The van der Waals surface area contributed by atoms with E-state index in [1.54, 1.807) is 7.11 Å². The summed E-state index contributed by atoms with van der Waals surface area (Å²) in [6, 6.07) is 0. The highest BCUT2D eigenvalue weighted by molar-refractivity contribution is 5.91. The van der Waals surface area contributed by atoms with Crippen molar-refractivity contribution in [1.82, 2.24) is 10.2 Å². The average Bonchev–Trinajstić information content (AvgIpc) is 2.96. The van der Waals surface area contributed by atoms with Crippen LogP contribution < -0.4 is 5.32 Å². The molecule has 1 spiro atoms. The third-order valence-corrected chi connectivity index (χ3v) is 5.15. The van der Waals surface area contributed by atoms with Gasteiger partial charge < -0.3 is 14.4 Å². The van der Waals surface area contributed by atoms with Gasteiger partial charge in [-0.25, -0.2) is 0 Å². The highest BCUT2D eigenvalue weighted by atomic mass is 16.5. The normalized spacial score (nSPS) is 28.0. The van der Waals surface area contributed by atoms with Crippen LogP contribution in [0.15, 0.2) is 0 Å². The van der Waals surface area contributed by atoms with Gasteiger partial charge in [-0.1, -0.05) is 12.8 Å². The lowest BCUT2D eigenvalue weighted by Gasteiger charge is -2.29. The number of nitrogens with one attached hydrogen (secondary N) is 1. The van der Waals surface area contributed by atoms with E-state index in [0.717, 1.165) is 25.8 Å². The van der Waals surface area contributed by atoms with Crippen molar-refractivity contribution in [3.05, 3.63) is 0 Å². The van der Waals surface area contributed by atoms with Crippen molar-refractivity contribution in [2.45, 2.75) is 56.7 Å². The van der Waals surface area contributed by atoms with Crippen LogP contribution in [0, 0.1) is 5.92 Å².